The van der Waals surface area contributed by atoms with Gasteiger partial charge in [0.15, 0.2) is 4.32 Å². The second-order valence-corrected chi connectivity index (χ2v) is 9.67. The molecule has 0 spiro atoms. The summed E-state index contributed by atoms with van der Waals surface area (Å²) >= 11 is 5.19. The summed E-state index contributed by atoms with van der Waals surface area (Å²) in [5, 5.41) is 0. The molecule has 0 aromatic heterocycles. The van der Waals surface area contributed by atoms with Crippen molar-refractivity contribution in [3.63, 3.8) is 0 Å². The van der Waals surface area contributed by atoms with E-state index in [9.17, 15) is 8.42 Å². The molecule has 0 amide bonds. The Labute approximate surface area is 115 Å². The van der Waals surface area contributed by atoms with Crippen molar-refractivity contribution in [3.8, 4) is 0 Å². The lowest BCUT2D eigenvalue weighted by Crippen LogP contribution is -2.57. The largest absolute Gasteiger partial charge is 0.360 e. The summed E-state index contributed by atoms with van der Waals surface area (Å²) in [4.78, 5) is 1.59. The van der Waals surface area contributed by atoms with Crippen LogP contribution in [0.1, 0.15) is 38.5 Å². The molecule has 4 fully saturated rings. The van der Waals surface area contributed by atoms with Gasteiger partial charge in [-0.2, -0.15) is 0 Å². The maximum Gasteiger partial charge on any atom is 0.209 e. The Morgan fingerprint density at radius 3 is 1.78 bits per heavy atom. The molecule has 4 aliphatic rings. The van der Waals surface area contributed by atoms with Crippen molar-refractivity contribution in [2.45, 2.75) is 43.3 Å². The number of nitrogens with zero attached hydrogens (tertiary/aromatic N) is 1. The van der Waals surface area contributed by atoms with E-state index in [1.54, 1.807) is 19.0 Å². The van der Waals surface area contributed by atoms with E-state index in [1.807, 2.05) is 0 Å². The first kappa shape index (κ1) is 12.9. The normalized spacial score (nSPS) is 42.0. The van der Waals surface area contributed by atoms with Crippen LogP contribution in [0.15, 0.2) is 0 Å². The van der Waals surface area contributed by atoms with Gasteiger partial charge in [-0.05, 0) is 68.5 Å². The molecule has 18 heavy (non-hydrogen) atoms. The van der Waals surface area contributed by atoms with E-state index in [4.69, 9.17) is 12.2 Å². The van der Waals surface area contributed by atoms with Gasteiger partial charge in [0, 0.05) is 14.1 Å². The minimum absolute atomic E-state index is 0.143. The number of sulfone groups is 1. The summed E-state index contributed by atoms with van der Waals surface area (Å²) in [7, 11) is 0.173. The van der Waals surface area contributed by atoms with Crippen LogP contribution in [0.25, 0.3) is 0 Å². The van der Waals surface area contributed by atoms with Crippen LogP contribution >= 0.6 is 12.2 Å². The molecular weight excluding hydrogens is 266 g/mol. The molecular formula is C13H21NO2S2. The molecule has 0 aromatic carbocycles. The van der Waals surface area contributed by atoms with E-state index >= 15 is 0 Å². The van der Waals surface area contributed by atoms with Crippen LogP contribution in [-0.2, 0) is 9.84 Å². The molecule has 4 saturated carbocycles. The molecule has 0 heterocycles. The van der Waals surface area contributed by atoms with Crippen molar-refractivity contribution in [2.75, 3.05) is 14.1 Å². The summed E-state index contributed by atoms with van der Waals surface area (Å²) in [5.41, 5.74) is 0. The zero-order valence-electron chi connectivity index (χ0n) is 11.1. The Bertz CT molecular complexity index is 446. The van der Waals surface area contributed by atoms with Crippen molar-refractivity contribution in [2.24, 2.45) is 17.8 Å². The minimum Gasteiger partial charge on any atom is -0.360 e. The quantitative estimate of drug-likeness (QED) is 0.693. The predicted molar refractivity (Wildman–Crippen MR) is 76.1 cm³/mol. The van der Waals surface area contributed by atoms with Gasteiger partial charge in [-0.1, -0.05) is 0 Å². The monoisotopic (exact) mass is 287 g/mol. The molecule has 0 atom stereocenters. The van der Waals surface area contributed by atoms with Gasteiger partial charge in [-0.15, -0.1) is 0 Å². The van der Waals surface area contributed by atoms with Crippen molar-refractivity contribution >= 4 is 26.4 Å². The van der Waals surface area contributed by atoms with Crippen LogP contribution < -0.4 is 0 Å². The average molecular weight is 287 g/mol. The SMILES string of the molecule is CN(C)C(=S)S(=O)(=O)C12CC3CC(CC(C3)C1)C2. The fourth-order valence-electron chi connectivity index (χ4n) is 4.79. The third-order valence-electron chi connectivity index (χ3n) is 5.15. The molecule has 0 aromatic rings. The smallest absolute Gasteiger partial charge is 0.209 e. The Balaban J connectivity index is 1.98. The highest BCUT2D eigenvalue weighted by Crippen LogP contribution is 2.58. The zero-order valence-corrected chi connectivity index (χ0v) is 12.7. The molecule has 0 unspecified atom stereocenters. The lowest BCUT2D eigenvalue weighted by Gasteiger charge is -2.55. The minimum atomic E-state index is -3.30. The molecule has 5 heteroatoms. The Kier molecular flexibility index (Phi) is 2.80. The van der Waals surface area contributed by atoms with E-state index < -0.39 is 14.6 Å². The lowest BCUT2D eigenvalue weighted by molar-refractivity contribution is 0.0346. The first-order valence-electron chi connectivity index (χ1n) is 6.80. The second-order valence-electron chi connectivity index (χ2n) is 6.76. The van der Waals surface area contributed by atoms with Gasteiger partial charge in [-0.3, -0.25) is 0 Å². The van der Waals surface area contributed by atoms with E-state index in [0.717, 1.165) is 19.3 Å². The first-order chi connectivity index (χ1) is 8.34. The Morgan fingerprint density at radius 1 is 1.06 bits per heavy atom. The topological polar surface area (TPSA) is 37.4 Å². The second kappa shape index (κ2) is 3.92. The van der Waals surface area contributed by atoms with Crippen LogP contribution in [0.2, 0.25) is 0 Å². The number of thiocarbonyl (C=S) groups is 1. The van der Waals surface area contributed by atoms with E-state index in [1.165, 1.54) is 19.3 Å². The fourth-order valence-corrected chi connectivity index (χ4v) is 7.53. The molecule has 0 aliphatic heterocycles. The van der Waals surface area contributed by atoms with Gasteiger partial charge < -0.3 is 4.90 Å². The van der Waals surface area contributed by atoms with Crippen LogP contribution in [-0.4, -0.2) is 36.5 Å². The maximum atomic E-state index is 12.8. The summed E-state index contributed by atoms with van der Waals surface area (Å²) < 4.78 is 25.3. The fraction of sp³-hybridized carbons (Fsp3) is 0.923. The highest BCUT2D eigenvalue weighted by atomic mass is 32.2. The van der Waals surface area contributed by atoms with Crippen molar-refractivity contribution in [3.05, 3.63) is 0 Å². The first-order valence-corrected chi connectivity index (χ1v) is 8.69. The summed E-state index contributed by atoms with van der Waals surface area (Å²) in [6.07, 6.45) is 6.33. The van der Waals surface area contributed by atoms with Crippen LogP contribution in [0.3, 0.4) is 0 Å². The Morgan fingerprint density at radius 2 is 1.44 bits per heavy atom. The molecule has 4 bridgehead atoms. The molecule has 3 nitrogen and oxygen atoms in total. The molecule has 0 radical (unpaired) electrons. The van der Waals surface area contributed by atoms with Gasteiger partial charge in [0.1, 0.15) is 0 Å². The van der Waals surface area contributed by atoms with E-state index in [0.29, 0.717) is 17.8 Å². The van der Waals surface area contributed by atoms with Crippen molar-refractivity contribution < 1.29 is 8.42 Å². The molecule has 0 N–H and O–H groups in total. The van der Waals surface area contributed by atoms with Crippen molar-refractivity contribution in [1.82, 2.24) is 4.90 Å². The summed E-state index contributed by atoms with van der Waals surface area (Å²) in [5.74, 6) is 1.91. The Hall–Kier alpha value is -0.160. The number of hydrogen-bond donors (Lipinski definition) is 0. The van der Waals surface area contributed by atoms with Crippen molar-refractivity contribution in [1.29, 1.82) is 0 Å². The predicted octanol–water partition coefficient (Wildman–Crippen LogP) is 2.22. The van der Waals surface area contributed by atoms with Crippen LogP contribution in [0.5, 0.6) is 0 Å². The molecule has 102 valence electrons. The average Bonchev–Trinajstić information content (AvgIpc) is 2.25. The van der Waals surface area contributed by atoms with Gasteiger partial charge in [0.25, 0.3) is 0 Å². The van der Waals surface area contributed by atoms with Crippen LogP contribution in [0.4, 0.5) is 0 Å². The van der Waals surface area contributed by atoms with Gasteiger partial charge in [0.2, 0.25) is 9.84 Å². The standard InChI is InChI=1S/C13H21NO2S2/c1-14(2)12(17)18(15,16)13-6-9-3-10(7-13)5-11(4-9)8-13/h9-11H,3-8H2,1-2H3. The van der Waals surface area contributed by atoms with E-state index in [-0.39, 0.29) is 4.32 Å². The van der Waals surface area contributed by atoms with Gasteiger partial charge in [0.05, 0.1) is 4.75 Å². The maximum absolute atomic E-state index is 12.8. The molecule has 0 saturated heterocycles. The molecule has 4 aliphatic carbocycles. The third kappa shape index (κ3) is 1.66. The lowest BCUT2D eigenvalue weighted by atomic mass is 9.56. The highest BCUT2D eigenvalue weighted by molar-refractivity contribution is 8.17. The van der Waals surface area contributed by atoms with Crippen LogP contribution in [0, 0.1) is 17.8 Å². The number of rotatable bonds is 1. The molecule has 4 rings (SSSR count). The van der Waals surface area contributed by atoms with Gasteiger partial charge >= 0.3 is 0 Å². The summed E-state index contributed by atoms with van der Waals surface area (Å²) in [6, 6.07) is 0. The number of hydrogen-bond acceptors (Lipinski definition) is 3. The van der Waals surface area contributed by atoms with E-state index in [2.05, 4.69) is 0 Å². The zero-order chi connectivity index (χ0) is 13.1. The van der Waals surface area contributed by atoms with Gasteiger partial charge in [-0.25, -0.2) is 8.42 Å². The highest BCUT2D eigenvalue weighted by Gasteiger charge is 2.58. The summed E-state index contributed by atoms with van der Waals surface area (Å²) in [6.45, 7) is 0. The third-order valence-corrected chi connectivity index (χ3v) is 8.64.